The zero-order valence-corrected chi connectivity index (χ0v) is 11.5. The van der Waals surface area contributed by atoms with Crippen molar-refractivity contribution in [2.45, 2.75) is 13.1 Å². The lowest BCUT2D eigenvalue weighted by Gasteiger charge is -2.08. The number of hydrogen-bond donors (Lipinski definition) is 0. The van der Waals surface area contributed by atoms with E-state index in [0.717, 1.165) is 15.6 Å². The van der Waals surface area contributed by atoms with Gasteiger partial charge in [0.05, 0.1) is 30.2 Å². The lowest BCUT2D eigenvalue weighted by atomic mass is 10.3. The van der Waals surface area contributed by atoms with Crippen molar-refractivity contribution in [1.82, 2.24) is 19.9 Å². The summed E-state index contributed by atoms with van der Waals surface area (Å²) in [5, 5.41) is 10.0. The van der Waals surface area contributed by atoms with Crippen molar-refractivity contribution in [1.29, 1.82) is 0 Å². The summed E-state index contributed by atoms with van der Waals surface area (Å²) in [7, 11) is 0. The van der Waals surface area contributed by atoms with E-state index in [2.05, 4.69) is 10.3 Å². The highest BCUT2D eigenvalue weighted by Gasteiger charge is 2.22. The molecular weight excluding hydrogens is 288 g/mol. The molecule has 0 atom stereocenters. The number of carbonyl (C=O) groups is 1. The molecule has 1 fully saturated rings. The van der Waals surface area contributed by atoms with Gasteiger partial charge in [-0.05, 0) is 11.4 Å². The average Bonchev–Trinajstić information content (AvgIpc) is 3.07. The first-order valence-electron chi connectivity index (χ1n) is 5.75. The van der Waals surface area contributed by atoms with E-state index in [9.17, 15) is 4.79 Å². The minimum Gasteiger partial charge on any atom is -0.448 e. The Labute approximate surface area is 118 Å². The number of hydrogen-bond acceptors (Lipinski definition) is 5. The molecule has 0 bridgehead atoms. The first kappa shape index (κ1) is 12.4. The summed E-state index contributed by atoms with van der Waals surface area (Å²) in [6, 6.07) is 1.96. The van der Waals surface area contributed by atoms with Gasteiger partial charge in [-0.25, -0.2) is 9.48 Å². The van der Waals surface area contributed by atoms with Crippen LogP contribution in [0, 0.1) is 0 Å². The van der Waals surface area contributed by atoms with Gasteiger partial charge in [0.2, 0.25) is 0 Å². The van der Waals surface area contributed by atoms with Crippen LogP contribution in [0.3, 0.4) is 0 Å². The molecule has 0 N–H and O–H groups in total. The first-order chi connectivity index (χ1) is 9.22. The third kappa shape index (κ3) is 2.71. The molecule has 8 heteroatoms. The van der Waals surface area contributed by atoms with Crippen molar-refractivity contribution >= 4 is 29.0 Å². The summed E-state index contributed by atoms with van der Waals surface area (Å²) in [6.07, 6.45) is 1.52. The van der Waals surface area contributed by atoms with Gasteiger partial charge in [-0.1, -0.05) is 16.8 Å². The van der Waals surface area contributed by atoms with Crippen molar-refractivity contribution in [2.24, 2.45) is 0 Å². The Morgan fingerprint density at radius 1 is 1.47 bits per heavy atom. The molecule has 3 heterocycles. The predicted molar refractivity (Wildman–Crippen MR) is 70.2 cm³/mol. The molecule has 2 aromatic rings. The fraction of sp³-hybridized carbons (Fsp3) is 0.364. The number of halogens is 1. The van der Waals surface area contributed by atoms with E-state index in [0.29, 0.717) is 26.2 Å². The Morgan fingerprint density at radius 2 is 2.37 bits per heavy atom. The minimum atomic E-state index is -0.296. The molecule has 1 saturated heterocycles. The molecule has 1 aliphatic rings. The molecule has 1 amide bonds. The molecule has 2 aromatic heterocycles. The van der Waals surface area contributed by atoms with Crippen LogP contribution in [0.4, 0.5) is 4.79 Å². The van der Waals surface area contributed by atoms with E-state index < -0.39 is 0 Å². The lowest BCUT2D eigenvalue weighted by molar-refractivity contribution is 0.157. The Morgan fingerprint density at radius 3 is 3.05 bits per heavy atom. The molecule has 100 valence electrons. The minimum absolute atomic E-state index is 0.296. The van der Waals surface area contributed by atoms with Gasteiger partial charge in [0.25, 0.3) is 0 Å². The second-order valence-corrected chi connectivity index (χ2v) is 5.68. The van der Waals surface area contributed by atoms with Gasteiger partial charge >= 0.3 is 6.09 Å². The van der Waals surface area contributed by atoms with Crippen LogP contribution in [-0.2, 0) is 17.8 Å². The summed E-state index contributed by atoms with van der Waals surface area (Å²) in [6.45, 7) is 2.05. The van der Waals surface area contributed by atoms with E-state index in [4.69, 9.17) is 16.3 Å². The van der Waals surface area contributed by atoms with Crippen LogP contribution >= 0.6 is 22.9 Å². The lowest BCUT2D eigenvalue weighted by Crippen LogP contribution is -2.23. The van der Waals surface area contributed by atoms with E-state index >= 15 is 0 Å². The van der Waals surface area contributed by atoms with Gasteiger partial charge in [-0.3, -0.25) is 4.90 Å². The topological polar surface area (TPSA) is 60.2 Å². The summed E-state index contributed by atoms with van der Waals surface area (Å²) in [5.41, 5.74) is 1.76. The van der Waals surface area contributed by atoms with E-state index in [-0.39, 0.29) is 6.09 Å². The highest BCUT2D eigenvalue weighted by Crippen LogP contribution is 2.23. The zero-order chi connectivity index (χ0) is 13.2. The molecular formula is C11H11ClN4O2S. The molecule has 3 rings (SSSR count). The Kier molecular flexibility index (Phi) is 3.39. The van der Waals surface area contributed by atoms with Crippen molar-refractivity contribution in [2.75, 3.05) is 13.2 Å². The molecule has 0 saturated carbocycles. The number of rotatable bonds is 4. The Balaban J connectivity index is 1.66. The van der Waals surface area contributed by atoms with Gasteiger partial charge in [0.1, 0.15) is 12.3 Å². The number of cyclic esters (lactones) is 1. The number of carbonyl (C=O) groups excluding carboxylic acids is 1. The Bertz CT molecular complexity index is 597. The molecule has 0 spiro atoms. The molecule has 0 aliphatic carbocycles. The summed E-state index contributed by atoms with van der Waals surface area (Å²) >= 11 is 7.53. The molecule has 6 nitrogen and oxygen atoms in total. The van der Waals surface area contributed by atoms with Crippen LogP contribution in [0.15, 0.2) is 17.6 Å². The van der Waals surface area contributed by atoms with Gasteiger partial charge in [-0.15, -0.1) is 16.4 Å². The van der Waals surface area contributed by atoms with Gasteiger partial charge < -0.3 is 4.74 Å². The molecule has 1 aliphatic heterocycles. The van der Waals surface area contributed by atoms with Crippen molar-refractivity contribution in [3.8, 4) is 0 Å². The van der Waals surface area contributed by atoms with E-state index in [1.54, 1.807) is 9.58 Å². The van der Waals surface area contributed by atoms with Gasteiger partial charge in [0.15, 0.2) is 0 Å². The first-order valence-corrected chi connectivity index (χ1v) is 7.01. The number of nitrogens with zero attached hydrogens (tertiary/aromatic N) is 4. The maximum absolute atomic E-state index is 11.3. The molecule has 19 heavy (non-hydrogen) atoms. The number of thiophene rings is 1. The fourth-order valence-electron chi connectivity index (χ4n) is 1.86. The highest BCUT2D eigenvalue weighted by atomic mass is 35.5. The van der Waals surface area contributed by atoms with E-state index in [1.165, 1.54) is 11.3 Å². The SMILES string of the molecule is O=C1OCCN1Cc1cn(Cc2ccsc2Cl)nn1. The summed E-state index contributed by atoms with van der Waals surface area (Å²) in [5.74, 6) is 0. The van der Waals surface area contributed by atoms with Crippen molar-refractivity contribution < 1.29 is 9.53 Å². The second kappa shape index (κ2) is 5.18. The molecule has 0 unspecified atom stereocenters. The standard InChI is InChI=1S/C11H11ClN4O2S/c12-10-8(1-4-19-10)5-16-7-9(13-14-16)6-15-2-3-18-11(15)17/h1,4,7H,2-3,5-6H2. The zero-order valence-electron chi connectivity index (χ0n) is 9.95. The van der Waals surface area contributed by atoms with Crippen molar-refractivity contribution in [3.63, 3.8) is 0 Å². The number of aromatic nitrogens is 3. The predicted octanol–water partition coefficient (Wildman–Crippen LogP) is 1.99. The van der Waals surface area contributed by atoms with E-state index in [1.807, 2.05) is 17.6 Å². The van der Waals surface area contributed by atoms with Crippen LogP contribution < -0.4 is 0 Å². The molecule has 0 radical (unpaired) electrons. The maximum atomic E-state index is 11.3. The quantitative estimate of drug-likeness (QED) is 0.866. The Hall–Kier alpha value is -1.60. The third-order valence-corrected chi connectivity index (χ3v) is 4.06. The van der Waals surface area contributed by atoms with Crippen molar-refractivity contribution in [3.05, 3.63) is 33.2 Å². The fourth-order valence-corrected chi connectivity index (χ4v) is 2.77. The second-order valence-electron chi connectivity index (χ2n) is 4.16. The monoisotopic (exact) mass is 298 g/mol. The highest BCUT2D eigenvalue weighted by molar-refractivity contribution is 7.14. The third-order valence-electron chi connectivity index (χ3n) is 2.81. The van der Waals surface area contributed by atoms with Crippen LogP contribution in [0.25, 0.3) is 0 Å². The summed E-state index contributed by atoms with van der Waals surface area (Å²) < 4.78 is 7.34. The largest absolute Gasteiger partial charge is 0.448 e. The van der Waals surface area contributed by atoms with Crippen LogP contribution in [0.5, 0.6) is 0 Å². The maximum Gasteiger partial charge on any atom is 0.410 e. The average molecular weight is 299 g/mol. The van der Waals surface area contributed by atoms with Crippen LogP contribution in [0.1, 0.15) is 11.3 Å². The summed E-state index contributed by atoms with van der Waals surface area (Å²) in [4.78, 5) is 12.9. The van der Waals surface area contributed by atoms with Crippen LogP contribution in [0.2, 0.25) is 4.34 Å². The van der Waals surface area contributed by atoms with Gasteiger partial charge in [-0.2, -0.15) is 0 Å². The van der Waals surface area contributed by atoms with Gasteiger partial charge in [0, 0.05) is 5.56 Å². The smallest absolute Gasteiger partial charge is 0.410 e. The molecule has 0 aromatic carbocycles. The normalized spacial score (nSPS) is 15.0. The van der Waals surface area contributed by atoms with Crippen LogP contribution in [-0.4, -0.2) is 39.1 Å². The number of amides is 1. The number of ether oxygens (including phenoxy) is 1.